The van der Waals surface area contributed by atoms with E-state index < -0.39 is 31.2 Å². The molecule has 0 heterocycles. The van der Waals surface area contributed by atoms with Gasteiger partial charge in [-0.25, -0.2) is 4.79 Å². The Kier molecular flexibility index (Phi) is 5.29. The van der Waals surface area contributed by atoms with Gasteiger partial charge in [0.25, 0.3) is 0 Å². The minimum Gasteiger partial charge on any atom is -0.394 e. The van der Waals surface area contributed by atoms with E-state index in [9.17, 15) is 18.0 Å². The van der Waals surface area contributed by atoms with Gasteiger partial charge >= 0.3 is 12.2 Å². The van der Waals surface area contributed by atoms with Gasteiger partial charge in [-0.3, -0.25) is 0 Å². The molecule has 0 rings (SSSR count). The van der Waals surface area contributed by atoms with Crippen LogP contribution in [-0.4, -0.2) is 36.5 Å². The zero-order valence-corrected chi connectivity index (χ0v) is 7.69. The highest BCUT2D eigenvalue weighted by Gasteiger charge is 2.26. The van der Waals surface area contributed by atoms with Crippen molar-refractivity contribution in [3.63, 3.8) is 0 Å². The lowest BCUT2D eigenvalue weighted by Gasteiger charge is -2.12. The van der Waals surface area contributed by atoms with Gasteiger partial charge in [0.15, 0.2) is 0 Å². The first kappa shape index (κ1) is 13.0. The second kappa shape index (κ2) is 5.69. The molecule has 14 heavy (non-hydrogen) atoms. The Balaban J connectivity index is 3.55. The summed E-state index contributed by atoms with van der Waals surface area (Å²) in [5.41, 5.74) is 0. The molecule has 1 atom stereocenters. The summed E-state index contributed by atoms with van der Waals surface area (Å²) in [7, 11) is 0. The van der Waals surface area contributed by atoms with Crippen molar-refractivity contribution in [3.05, 3.63) is 0 Å². The third kappa shape index (κ3) is 7.66. The van der Waals surface area contributed by atoms with Gasteiger partial charge in [0.2, 0.25) is 0 Å². The van der Waals surface area contributed by atoms with E-state index in [4.69, 9.17) is 5.11 Å². The van der Waals surface area contributed by atoms with E-state index in [-0.39, 0.29) is 6.61 Å². The first-order valence-corrected chi connectivity index (χ1v) is 4.07. The molecule has 0 aliphatic rings. The smallest absolute Gasteiger partial charge is 0.390 e. The van der Waals surface area contributed by atoms with Gasteiger partial charge in [0.1, 0.15) is 0 Å². The molecule has 0 aromatic rings. The summed E-state index contributed by atoms with van der Waals surface area (Å²) in [6.45, 7) is 0.809. The fourth-order valence-electron chi connectivity index (χ4n) is 0.638. The summed E-state index contributed by atoms with van der Waals surface area (Å²) < 4.78 is 34.9. The Hall–Kier alpha value is -0.980. The summed E-state index contributed by atoms with van der Waals surface area (Å²) in [4.78, 5) is 10.8. The Bertz CT molecular complexity index is 184. The summed E-state index contributed by atoms with van der Waals surface area (Å²) in [5.74, 6) is 0. The SMILES string of the molecule is CC(CO)NC(=O)NCCC(F)(F)F. The first-order chi connectivity index (χ1) is 6.35. The number of hydrogen-bond donors (Lipinski definition) is 3. The predicted molar refractivity (Wildman–Crippen MR) is 43.8 cm³/mol. The maximum Gasteiger partial charge on any atom is 0.390 e. The van der Waals surface area contributed by atoms with Gasteiger partial charge in [-0.2, -0.15) is 13.2 Å². The van der Waals surface area contributed by atoms with E-state index in [1.807, 2.05) is 5.32 Å². The van der Waals surface area contributed by atoms with Crippen molar-refractivity contribution >= 4 is 6.03 Å². The van der Waals surface area contributed by atoms with Crippen molar-refractivity contribution in [2.24, 2.45) is 0 Å². The quantitative estimate of drug-likeness (QED) is 0.642. The Morgan fingerprint density at radius 3 is 2.50 bits per heavy atom. The molecule has 7 heteroatoms. The molecule has 1 unspecified atom stereocenters. The molecule has 2 amide bonds. The van der Waals surface area contributed by atoms with Crippen LogP contribution in [0.15, 0.2) is 0 Å². The van der Waals surface area contributed by atoms with Gasteiger partial charge in [-0.05, 0) is 6.92 Å². The topological polar surface area (TPSA) is 61.4 Å². The number of aliphatic hydroxyl groups excluding tert-OH is 1. The van der Waals surface area contributed by atoms with Crippen molar-refractivity contribution in [1.29, 1.82) is 0 Å². The number of halogens is 3. The van der Waals surface area contributed by atoms with E-state index in [2.05, 4.69) is 5.32 Å². The lowest BCUT2D eigenvalue weighted by molar-refractivity contribution is -0.132. The number of urea groups is 1. The minimum atomic E-state index is -4.27. The van der Waals surface area contributed by atoms with Crippen LogP contribution in [0.5, 0.6) is 0 Å². The Morgan fingerprint density at radius 2 is 2.07 bits per heavy atom. The number of nitrogens with one attached hydrogen (secondary N) is 2. The van der Waals surface area contributed by atoms with E-state index in [1.54, 1.807) is 0 Å². The van der Waals surface area contributed by atoms with Gasteiger partial charge in [0.05, 0.1) is 19.1 Å². The standard InChI is InChI=1S/C7H13F3N2O2/c1-5(4-13)12-6(14)11-3-2-7(8,9)10/h5,13H,2-4H2,1H3,(H2,11,12,14). The average Bonchev–Trinajstić information content (AvgIpc) is 2.01. The van der Waals surface area contributed by atoms with Gasteiger partial charge in [0, 0.05) is 6.54 Å². The number of aliphatic hydroxyl groups is 1. The monoisotopic (exact) mass is 214 g/mol. The number of carbonyl (C=O) groups excluding carboxylic acids is 1. The normalized spacial score (nSPS) is 13.5. The molecule has 0 aliphatic heterocycles. The second-order valence-electron chi connectivity index (χ2n) is 2.85. The van der Waals surface area contributed by atoms with Crippen LogP contribution in [0.1, 0.15) is 13.3 Å². The number of rotatable bonds is 4. The molecule has 0 bridgehead atoms. The Labute approximate surface area is 79.5 Å². The molecule has 0 fully saturated rings. The van der Waals surface area contributed by atoms with Crippen molar-refractivity contribution in [3.8, 4) is 0 Å². The van der Waals surface area contributed by atoms with Gasteiger partial charge < -0.3 is 15.7 Å². The molecular formula is C7H13F3N2O2. The van der Waals surface area contributed by atoms with E-state index in [1.165, 1.54) is 6.92 Å². The molecule has 84 valence electrons. The average molecular weight is 214 g/mol. The molecule has 0 spiro atoms. The number of carbonyl (C=O) groups is 1. The van der Waals surface area contributed by atoms with E-state index in [0.29, 0.717) is 0 Å². The van der Waals surface area contributed by atoms with Crippen molar-refractivity contribution in [1.82, 2.24) is 10.6 Å². The molecule has 0 saturated carbocycles. The molecule has 0 aromatic heterocycles. The fourth-order valence-corrected chi connectivity index (χ4v) is 0.638. The van der Waals surface area contributed by atoms with Gasteiger partial charge in [-0.15, -0.1) is 0 Å². The van der Waals surface area contributed by atoms with Crippen LogP contribution in [-0.2, 0) is 0 Å². The third-order valence-corrected chi connectivity index (χ3v) is 1.35. The van der Waals surface area contributed by atoms with E-state index in [0.717, 1.165) is 0 Å². The number of alkyl halides is 3. The van der Waals surface area contributed by atoms with Crippen molar-refractivity contribution in [2.75, 3.05) is 13.2 Å². The first-order valence-electron chi connectivity index (χ1n) is 4.07. The maximum absolute atomic E-state index is 11.6. The number of amides is 2. The summed E-state index contributed by atoms with van der Waals surface area (Å²) in [6, 6.07) is -1.18. The molecule has 0 aliphatic carbocycles. The van der Waals surface area contributed by atoms with Crippen LogP contribution < -0.4 is 10.6 Å². The fraction of sp³-hybridized carbons (Fsp3) is 0.857. The predicted octanol–water partition coefficient (Wildman–Crippen LogP) is 0.619. The highest BCUT2D eigenvalue weighted by molar-refractivity contribution is 5.74. The third-order valence-electron chi connectivity index (χ3n) is 1.35. The second-order valence-corrected chi connectivity index (χ2v) is 2.85. The van der Waals surface area contributed by atoms with Crippen LogP contribution >= 0.6 is 0 Å². The van der Waals surface area contributed by atoms with Crippen LogP contribution in [0, 0.1) is 0 Å². The molecular weight excluding hydrogens is 201 g/mol. The van der Waals surface area contributed by atoms with Crippen LogP contribution in [0.4, 0.5) is 18.0 Å². The lowest BCUT2D eigenvalue weighted by atomic mass is 10.4. The van der Waals surface area contributed by atoms with Crippen molar-refractivity contribution < 1.29 is 23.1 Å². The number of hydrogen-bond acceptors (Lipinski definition) is 2. The highest BCUT2D eigenvalue weighted by atomic mass is 19.4. The molecule has 4 nitrogen and oxygen atoms in total. The molecule has 0 saturated heterocycles. The van der Waals surface area contributed by atoms with Crippen molar-refractivity contribution in [2.45, 2.75) is 25.6 Å². The highest BCUT2D eigenvalue weighted by Crippen LogP contribution is 2.17. The Morgan fingerprint density at radius 1 is 1.50 bits per heavy atom. The summed E-state index contributed by atoms with van der Waals surface area (Å²) in [6.07, 6.45) is -5.33. The largest absolute Gasteiger partial charge is 0.394 e. The van der Waals surface area contributed by atoms with E-state index >= 15 is 0 Å². The van der Waals surface area contributed by atoms with Crippen LogP contribution in [0.2, 0.25) is 0 Å². The van der Waals surface area contributed by atoms with Crippen LogP contribution in [0.25, 0.3) is 0 Å². The maximum atomic E-state index is 11.6. The lowest BCUT2D eigenvalue weighted by Crippen LogP contribution is -2.43. The summed E-state index contributed by atoms with van der Waals surface area (Å²) >= 11 is 0. The van der Waals surface area contributed by atoms with Crippen LogP contribution in [0.3, 0.4) is 0 Å². The molecule has 0 aromatic carbocycles. The summed E-state index contributed by atoms with van der Waals surface area (Å²) in [5, 5.41) is 12.8. The minimum absolute atomic E-state index is 0.257. The van der Waals surface area contributed by atoms with Gasteiger partial charge in [-0.1, -0.05) is 0 Å². The molecule has 0 radical (unpaired) electrons. The zero-order chi connectivity index (χ0) is 11.2. The zero-order valence-electron chi connectivity index (χ0n) is 7.69. The molecule has 3 N–H and O–H groups in total.